The van der Waals surface area contributed by atoms with Crippen molar-refractivity contribution in [2.75, 3.05) is 18.1 Å². The first-order valence-corrected chi connectivity index (χ1v) is 23.4. The minimum absolute atomic E-state index is 0. The Bertz CT molecular complexity index is 3340. The van der Waals surface area contributed by atoms with E-state index in [2.05, 4.69) is 24.6 Å². The van der Waals surface area contributed by atoms with Crippen molar-refractivity contribution in [2.24, 2.45) is 20.5 Å². The Hall–Kier alpha value is -0.120. The van der Waals surface area contributed by atoms with Gasteiger partial charge in [0.1, 0.15) is 51.8 Å². The maximum atomic E-state index is 13.8. The summed E-state index contributed by atoms with van der Waals surface area (Å²) in [5.74, 6) is -2.61. The number of nitrogen functional groups attached to an aromatic ring is 1. The Balaban J connectivity index is 0.00000769. The van der Waals surface area contributed by atoms with Gasteiger partial charge in [0, 0.05) is 16.2 Å². The average Bonchev–Trinajstić information content (AvgIpc) is 3.07. The molecular formula is C28H18N5Na5O19S6. The Morgan fingerprint density at radius 2 is 1.11 bits per heavy atom. The summed E-state index contributed by atoms with van der Waals surface area (Å²) in [6.07, 6.45) is 0. The summed E-state index contributed by atoms with van der Waals surface area (Å²) in [6, 6.07) is 8.91. The van der Waals surface area contributed by atoms with E-state index in [1.165, 1.54) is 0 Å². The van der Waals surface area contributed by atoms with Crippen LogP contribution >= 0.6 is 0 Å². The Morgan fingerprint density at radius 3 is 1.63 bits per heavy atom. The molecule has 0 radical (unpaired) electrons. The van der Waals surface area contributed by atoms with E-state index in [-0.39, 0.29) is 153 Å². The number of nitrogens with two attached hydrogens (primary N) is 1. The summed E-state index contributed by atoms with van der Waals surface area (Å²) in [5, 5.41) is 25.1. The quantitative estimate of drug-likeness (QED) is 0.0478. The first-order valence-electron chi connectivity index (χ1n) is 14.8. The molecule has 310 valence electrons. The van der Waals surface area contributed by atoms with Crippen LogP contribution in [0.3, 0.4) is 0 Å². The van der Waals surface area contributed by atoms with Crippen molar-refractivity contribution in [1.82, 2.24) is 0 Å². The van der Waals surface area contributed by atoms with E-state index in [1.54, 1.807) is 0 Å². The van der Waals surface area contributed by atoms with Gasteiger partial charge in [0.15, 0.2) is 9.84 Å². The second-order valence-corrected chi connectivity index (χ2v) is 19.9. The molecule has 63 heavy (non-hydrogen) atoms. The van der Waals surface area contributed by atoms with Crippen molar-refractivity contribution >= 4 is 111 Å². The molecule has 5 aromatic rings. The number of sulfone groups is 1. The van der Waals surface area contributed by atoms with Gasteiger partial charge in [-0.05, 0) is 47.9 Å². The minimum atomic E-state index is -5.79. The summed E-state index contributed by atoms with van der Waals surface area (Å²) in [5.41, 5.74) is 1.23. The fourth-order valence-electron chi connectivity index (χ4n) is 5.24. The summed E-state index contributed by atoms with van der Waals surface area (Å²) in [4.78, 5) is -5.63. The van der Waals surface area contributed by atoms with Crippen molar-refractivity contribution in [3.05, 3.63) is 66.7 Å². The van der Waals surface area contributed by atoms with Crippen LogP contribution in [0.2, 0.25) is 0 Å². The zero-order chi connectivity index (χ0) is 43.4. The molecule has 35 heteroatoms. The molecule has 0 heterocycles. The Labute approximate surface area is 469 Å². The van der Waals surface area contributed by atoms with Crippen molar-refractivity contribution in [3.8, 4) is 5.75 Å². The number of fused-ring (bicyclic) bond motifs is 2. The molecule has 5 rings (SSSR count). The smallest absolute Gasteiger partial charge is 0.870 e. The van der Waals surface area contributed by atoms with Gasteiger partial charge in [0.05, 0.1) is 53.9 Å². The molecule has 5 aromatic carbocycles. The SMILES string of the molecule is Nc1c(N=Nc2cccc(S(=O)(=O)CCOS(=O)(=O)O)c2)c(S(=O)(=O)[O-])cc2cc(S(=O)(=O)[O-])c(N=Nc3ccc4c(S(=O)(=O)[O-])cccc4c3S(=O)(=O)[O-])c([O-])c12.[Na+].[Na+].[Na+].[Na+].[Na+]. The van der Waals surface area contributed by atoms with Crippen molar-refractivity contribution < 1.29 is 230 Å². The molecule has 0 spiro atoms. The van der Waals surface area contributed by atoms with Gasteiger partial charge in [0.25, 0.3) is 0 Å². The average molecular weight is 1040 g/mol. The summed E-state index contributed by atoms with van der Waals surface area (Å²) in [6.45, 7) is -1.00. The number of hydrogen-bond acceptors (Lipinski definition) is 23. The van der Waals surface area contributed by atoms with Gasteiger partial charge >= 0.3 is 158 Å². The minimum Gasteiger partial charge on any atom is -0.870 e. The zero-order valence-corrected chi connectivity index (χ0v) is 47.8. The van der Waals surface area contributed by atoms with E-state index in [4.69, 9.17) is 10.3 Å². The van der Waals surface area contributed by atoms with Crippen LogP contribution in [-0.4, -0.2) is 85.6 Å². The molecular weight excluding hydrogens is 1020 g/mol. The largest absolute Gasteiger partial charge is 1.00 e. The van der Waals surface area contributed by atoms with Gasteiger partial charge in [0.2, 0.25) is 0 Å². The maximum absolute atomic E-state index is 13.8. The molecule has 0 aliphatic carbocycles. The van der Waals surface area contributed by atoms with Crippen LogP contribution in [-0.2, 0) is 64.9 Å². The summed E-state index contributed by atoms with van der Waals surface area (Å²) < 4.78 is 206. The number of benzene rings is 5. The maximum Gasteiger partial charge on any atom is 1.00 e. The first-order chi connectivity index (χ1) is 26.5. The predicted molar refractivity (Wildman–Crippen MR) is 188 cm³/mol. The standard InChI is InChI=1S/C28H23N5O19S6.5Na/c29-24-23-14(11-21(55(40,41)42)25(24)32-30-15-3-1-4-16(13-15)53(35,36)10-9-52-58(49,50)51)12-22(56(43,44)45)26(27(23)34)33-31-19-8-7-17-18(28(19)57(46,47)48)5-2-6-20(17)54(37,38)39;;;;;/h1-8,11-13,34H,9-10,29H2,(H,37,38,39)(H,40,41,42)(H,43,44,45)(H,46,47,48)(H,49,50,51);;;;;/q;5*+1/p-5. The van der Waals surface area contributed by atoms with Crippen LogP contribution in [0.1, 0.15) is 0 Å². The van der Waals surface area contributed by atoms with E-state index in [9.17, 15) is 73.8 Å². The number of hydrogen-bond donors (Lipinski definition) is 2. The molecule has 0 aliphatic heterocycles. The van der Waals surface area contributed by atoms with Crippen molar-refractivity contribution in [2.45, 2.75) is 24.5 Å². The Kier molecular flexibility index (Phi) is 23.4. The van der Waals surface area contributed by atoms with Gasteiger partial charge in [-0.25, -0.2) is 46.3 Å². The van der Waals surface area contributed by atoms with Crippen LogP contribution in [0.15, 0.2) is 112 Å². The fraction of sp³-hybridized carbons (Fsp3) is 0.0714. The molecule has 0 bridgehead atoms. The molecule has 0 amide bonds. The van der Waals surface area contributed by atoms with Crippen molar-refractivity contribution in [3.63, 3.8) is 0 Å². The molecule has 3 N–H and O–H groups in total. The van der Waals surface area contributed by atoms with Crippen LogP contribution < -0.4 is 159 Å². The van der Waals surface area contributed by atoms with E-state index in [0.29, 0.717) is 18.2 Å². The third-order valence-corrected chi connectivity index (χ3v) is 13.3. The second-order valence-electron chi connectivity index (χ2n) is 11.3. The summed E-state index contributed by atoms with van der Waals surface area (Å²) in [7, 11) is -31.7. The van der Waals surface area contributed by atoms with Crippen LogP contribution in [0, 0.1) is 0 Å². The molecule has 24 nitrogen and oxygen atoms in total. The van der Waals surface area contributed by atoms with Crippen LogP contribution in [0.4, 0.5) is 28.4 Å². The third-order valence-electron chi connectivity index (χ3n) is 7.59. The first kappa shape index (κ1) is 62.9. The number of anilines is 1. The predicted octanol–water partition coefficient (Wildman–Crippen LogP) is -13.3. The Morgan fingerprint density at radius 1 is 0.587 bits per heavy atom. The van der Waals surface area contributed by atoms with Crippen molar-refractivity contribution in [1.29, 1.82) is 0 Å². The van der Waals surface area contributed by atoms with Gasteiger partial charge in [-0.1, -0.05) is 30.0 Å². The fourth-order valence-corrected chi connectivity index (χ4v) is 9.57. The van der Waals surface area contributed by atoms with E-state index >= 15 is 0 Å². The third kappa shape index (κ3) is 15.2. The normalized spacial score (nSPS) is 12.5. The number of nitrogens with zero attached hydrogens (tertiary/aromatic N) is 4. The van der Waals surface area contributed by atoms with E-state index in [1.807, 2.05) is 0 Å². The molecule has 0 aliphatic rings. The molecule has 0 saturated heterocycles. The number of azo groups is 2. The molecule has 0 atom stereocenters. The van der Waals surface area contributed by atoms with Crippen LogP contribution in [0.25, 0.3) is 21.5 Å². The second kappa shape index (κ2) is 23.5. The van der Waals surface area contributed by atoms with Gasteiger partial charge in [-0.2, -0.15) is 13.5 Å². The molecule has 0 fully saturated rings. The molecule has 0 unspecified atom stereocenters. The van der Waals surface area contributed by atoms with Gasteiger partial charge < -0.3 is 29.1 Å². The monoisotopic (exact) mass is 1030 g/mol. The summed E-state index contributed by atoms with van der Waals surface area (Å²) >= 11 is 0. The van der Waals surface area contributed by atoms with E-state index in [0.717, 1.165) is 48.5 Å². The van der Waals surface area contributed by atoms with Crippen LogP contribution in [0.5, 0.6) is 5.75 Å². The van der Waals surface area contributed by atoms with Gasteiger partial charge in [-0.3, -0.25) is 4.55 Å². The molecule has 0 saturated carbocycles. The molecule has 0 aromatic heterocycles. The van der Waals surface area contributed by atoms with Gasteiger partial charge in [-0.15, -0.1) is 15.3 Å². The zero-order valence-electron chi connectivity index (χ0n) is 32.9. The van der Waals surface area contributed by atoms with E-state index < -0.39 is 148 Å². The number of rotatable bonds is 13. The topological polar surface area (TPSA) is 425 Å².